The molecule has 0 atom stereocenters. The number of nitrogens with one attached hydrogen (secondary N) is 2. The van der Waals surface area contributed by atoms with Gasteiger partial charge in [-0.3, -0.25) is 4.79 Å². The molecule has 0 saturated heterocycles. The minimum atomic E-state index is 0.0807. The molecule has 0 rings (SSSR count). The lowest BCUT2D eigenvalue weighted by Crippen LogP contribution is -2.27. The SMILES string of the molecule is CCCOCCC(=O)NCCCNC. The lowest BCUT2D eigenvalue weighted by atomic mass is 10.4. The van der Waals surface area contributed by atoms with Crippen LogP contribution in [-0.4, -0.2) is 39.3 Å². The first-order valence-corrected chi connectivity index (χ1v) is 5.30. The Morgan fingerprint density at radius 3 is 2.71 bits per heavy atom. The molecule has 0 saturated carbocycles. The number of carbonyl (C=O) groups excluding carboxylic acids is 1. The molecular formula is C10H22N2O2. The normalized spacial score (nSPS) is 10.1. The summed E-state index contributed by atoms with van der Waals surface area (Å²) in [6.07, 6.45) is 2.45. The smallest absolute Gasteiger partial charge is 0.222 e. The van der Waals surface area contributed by atoms with Crippen LogP contribution >= 0.6 is 0 Å². The Morgan fingerprint density at radius 2 is 2.07 bits per heavy atom. The van der Waals surface area contributed by atoms with Gasteiger partial charge in [0, 0.05) is 19.6 Å². The summed E-state index contributed by atoms with van der Waals surface area (Å²) in [7, 11) is 1.90. The van der Waals surface area contributed by atoms with Gasteiger partial charge in [0.1, 0.15) is 0 Å². The maximum Gasteiger partial charge on any atom is 0.222 e. The van der Waals surface area contributed by atoms with E-state index in [4.69, 9.17) is 4.74 Å². The van der Waals surface area contributed by atoms with Crippen LogP contribution in [0.25, 0.3) is 0 Å². The number of hydrogen-bond acceptors (Lipinski definition) is 3. The Labute approximate surface area is 86.4 Å². The van der Waals surface area contributed by atoms with Crippen LogP contribution in [0, 0.1) is 0 Å². The molecule has 0 heterocycles. The van der Waals surface area contributed by atoms with Crippen LogP contribution in [0.15, 0.2) is 0 Å². The van der Waals surface area contributed by atoms with Crippen molar-refractivity contribution in [3.8, 4) is 0 Å². The highest BCUT2D eigenvalue weighted by Gasteiger charge is 1.99. The van der Waals surface area contributed by atoms with Gasteiger partial charge in [0.15, 0.2) is 0 Å². The van der Waals surface area contributed by atoms with Gasteiger partial charge in [0.25, 0.3) is 0 Å². The Bertz CT molecular complexity index is 126. The molecule has 0 spiro atoms. The highest BCUT2D eigenvalue weighted by Crippen LogP contribution is 1.85. The first-order valence-electron chi connectivity index (χ1n) is 5.30. The van der Waals surface area contributed by atoms with Crippen LogP contribution in [-0.2, 0) is 9.53 Å². The molecule has 0 aliphatic rings. The molecule has 0 aromatic rings. The highest BCUT2D eigenvalue weighted by atomic mass is 16.5. The standard InChI is InChI=1S/C10H22N2O2/c1-3-8-14-9-5-10(13)12-7-4-6-11-2/h11H,3-9H2,1-2H3,(H,12,13). The number of rotatable bonds is 9. The minimum Gasteiger partial charge on any atom is -0.381 e. The quantitative estimate of drug-likeness (QED) is 0.536. The summed E-state index contributed by atoms with van der Waals surface area (Å²) in [5, 5.41) is 5.86. The second-order valence-electron chi connectivity index (χ2n) is 3.17. The Hall–Kier alpha value is -0.610. The van der Waals surface area contributed by atoms with Gasteiger partial charge in [-0.15, -0.1) is 0 Å². The molecule has 0 radical (unpaired) electrons. The highest BCUT2D eigenvalue weighted by molar-refractivity contribution is 5.75. The van der Waals surface area contributed by atoms with Crippen molar-refractivity contribution in [3.63, 3.8) is 0 Å². The van der Waals surface area contributed by atoms with Crippen molar-refractivity contribution < 1.29 is 9.53 Å². The number of amides is 1. The summed E-state index contributed by atoms with van der Waals surface area (Å²) < 4.78 is 5.21. The molecule has 4 heteroatoms. The minimum absolute atomic E-state index is 0.0807. The molecule has 0 bridgehead atoms. The van der Waals surface area contributed by atoms with Crippen LogP contribution in [0.5, 0.6) is 0 Å². The van der Waals surface area contributed by atoms with Crippen LogP contribution in [0.1, 0.15) is 26.2 Å². The van der Waals surface area contributed by atoms with E-state index in [9.17, 15) is 4.79 Å². The number of carbonyl (C=O) groups is 1. The molecule has 84 valence electrons. The van der Waals surface area contributed by atoms with E-state index in [2.05, 4.69) is 17.6 Å². The maximum absolute atomic E-state index is 11.2. The monoisotopic (exact) mass is 202 g/mol. The third-order valence-electron chi connectivity index (χ3n) is 1.75. The Morgan fingerprint density at radius 1 is 1.29 bits per heavy atom. The van der Waals surface area contributed by atoms with Crippen molar-refractivity contribution in [2.75, 3.05) is 33.4 Å². The molecule has 0 aliphatic heterocycles. The molecule has 0 aromatic heterocycles. The van der Waals surface area contributed by atoms with Crippen molar-refractivity contribution >= 4 is 5.91 Å². The van der Waals surface area contributed by atoms with E-state index in [-0.39, 0.29) is 5.91 Å². The fraction of sp³-hybridized carbons (Fsp3) is 0.900. The maximum atomic E-state index is 11.2. The molecule has 4 nitrogen and oxygen atoms in total. The van der Waals surface area contributed by atoms with E-state index >= 15 is 0 Å². The van der Waals surface area contributed by atoms with Crippen molar-refractivity contribution in [1.29, 1.82) is 0 Å². The summed E-state index contributed by atoms with van der Waals surface area (Å²) >= 11 is 0. The van der Waals surface area contributed by atoms with E-state index in [0.29, 0.717) is 13.0 Å². The largest absolute Gasteiger partial charge is 0.381 e. The fourth-order valence-electron chi connectivity index (χ4n) is 0.993. The van der Waals surface area contributed by atoms with Crippen LogP contribution in [0.3, 0.4) is 0 Å². The molecule has 0 unspecified atom stereocenters. The van der Waals surface area contributed by atoms with Gasteiger partial charge in [0.05, 0.1) is 6.61 Å². The average molecular weight is 202 g/mol. The topological polar surface area (TPSA) is 50.4 Å². The molecule has 2 N–H and O–H groups in total. The van der Waals surface area contributed by atoms with E-state index in [1.54, 1.807) is 0 Å². The van der Waals surface area contributed by atoms with Crippen molar-refractivity contribution in [1.82, 2.24) is 10.6 Å². The third-order valence-corrected chi connectivity index (χ3v) is 1.75. The summed E-state index contributed by atoms with van der Waals surface area (Å²) in [5.74, 6) is 0.0807. The molecule has 14 heavy (non-hydrogen) atoms. The summed E-state index contributed by atoms with van der Waals surface area (Å²) in [5.41, 5.74) is 0. The zero-order chi connectivity index (χ0) is 10.6. The summed E-state index contributed by atoms with van der Waals surface area (Å²) in [6, 6.07) is 0. The Kier molecular flexibility index (Phi) is 10.0. The number of ether oxygens (including phenoxy) is 1. The Balaban J connectivity index is 3.11. The lowest BCUT2D eigenvalue weighted by Gasteiger charge is -2.05. The van der Waals surface area contributed by atoms with Gasteiger partial charge in [-0.1, -0.05) is 6.92 Å². The van der Waals surface area contributed by atoms with Crippen molar-refractivity contribution in [2.24, 2.45) is 0 Å². The van der Waals surface area contributed by atoms with Crippen LogP contribution in [0.2, 0.25) is 0 Å². The summed E-state index contributed by atoms with van der Waals surface area (Å²) in [6.45, 7) is 5.01. The second kappa shape index (κ2) is 10.5. The zero-order valence-electron chi connectivity index (χ0n) is 9.27. The van der Waals surface area contributed by atoms with E-state index < -0.39 is 0 Å². The van der Waals surface area contributed by atoms with Gasteiger partial charge >= 0.3 is 0 Å². The predicted molar refractivity (Wildman–Crippen MR) is 57.3 cm³/mol. The van der Waals surface area contributed by atoms with Gasteiger partial charge in [-0.2, -0.15) is 0 Å². The van der Waals surface area contributed by atoms with E-state index in [1.165, 1.54) is 0 Å². The zero-order valence-corrected chi connectivity index (χ0v) is 9.27. The van der Waals surface area contributed by atoms with Gasteiger partial charge in [0.2, 0.25) is 5.91 Å². The molecule has 0 aromatic carbocycles. The predicted octanol–water partition coefficient (Wildman–Crippen LogP) is 0.529. The van der Waals surface area contributed by atoms with Gasteiger partial charge in [-0.05, 0) is 26.4 Å². The first kappa shape index (κ1) is 13.4. The summed E-state index contributed by atoms with van der Waals surface area (Å²) in [4.78, 5) is 11.2. The van der Waals surface area contributed by atoms with Crippen LogP contribution < -0.4 is 10.6 Å². The first-order chi connectivity index (χ1) is 6.81. The molecule has 1 amide bonds. The third kappa shape index (κ3) is 9.48. The van der Waals surface area contributed by atoms with E-state index in [1.807, 2.05) is 7.05 Å². The molecular weight excluding hydrogens is 180 g/mol. The lowest BCUT2D eigenvalue weighted by molar-refractivity contribution is -0.122. The second-order valence-corrected chi connectivity index (χ2v) is 3.17. The molecule has 0 fully saturated rings. The van der Waals surface area contributed by atoms with Gasteiger partial charge < -0.3 is 15.4 Å². The average Bonchev–Trinajstić information content (AvgIpc) is 2.19. The fourth-order valence-corrected chi connectivity index (χ4v) is 0.993. The van der Waals surface area contributed by atoms with Crippen molar-refractivity contribution in [2.45, 2.75) is 26.2 Å². The molecule has 0 aliphatic carbocycles. The number of hydrogen-bond donors (Lipinski definition) is 2. The van der Waals surface area contributed by atoms with Crippen LogP contribution in [0.4, 0.5) is 0 Å². The van der Waals surface area contributed by atoms with Crippen molar-refractivity contribution in [3.05, 3.63) is 0 Å². The van der Waals surface area contributed by atoms with Gasteiger partial charge in [-0.25, -0.2) is 0 Å². The van der Waals surface area contributed by atoms with E-state index in [0.717, 1.165) is 32.5 Å².